The van der Waals surface area contributed by atoms with Gasteiger partial charge in [0.25, 0.3) is 0 Å². The summed E-state index contributed by atoms with van der Waals surface area (Å²) < 4.78 is 18.7. The summed E-state index contributed by atoms with van der Waals surface area (Å²) in [4.78, 5) is 13.7. The number of nitrogens with one attached hydrogen (secondary N) is 1. The third-order valence-corrected chi connectivity index (χ3v) is 3.26. The van der Waals surface area contributed by atoms with Crippen molar-refractivity contribution in [2.45, 2.75) is 12.6 Å². The average molecular weight is 277 g/mol. The summed E-state index contributed by atoms with van der Waals surface area (Å²) in [6, 6.07) is 5.76. The van der Waals surface area contributed by atoms with Gasteiger partial charge in [0.05, 0.1) is 24.8 Å². The van der Waals surface area contributed by atoms with E-state index in [9.17, 15) is 9.18 Å². The molecule has 0 spiro atoms. The van der Waals surface area contributed by atoms with Gasteiger partial charge in [-0.2, -0.15) is 5.26 Å². The molecule has 1 aliphatic rings. The predicted molar refractivity (Wildman–Crippen MR) is 70.2 cm³/mol. The van der Waals surface area contributed by atoms with Crippen LogP contribution >= 0.6 is 0 Å². The number of halogens is 1. The summed E-state index contributed by atoms with van der Waals surface area (Å²) in [5, 5.41) is 11.5. The molecule has 106 valence electrons. The number of hydrogen-bond donors (Lipinski definition) is 1. The Kier molecular flexibility index (Phi) is 4.66. The van der Waals surface area contributed by atoms with Crippen LogP contribution in [0.15, 0.2) is 18.2 Å². The molecule has 1 aromatic rings. The molecule has 1 atom stereocenters. The maximum Gasteiger partial charge on any atom is 0.239 e. The smallest absolute Gasteiger partial charge is 0.239 e. The Bertz CT molecular complexity index is 542. The molecule has 1 fully saturated rings. The van der Waals surface area contributed by atoms with Crippen LogP contribution in [0.1, 0.15) is 11.1 Å². The van der Waals surface area contributed by atoms with Crippen molar-refractivity contribution < 1.29 is 13.9 Å². The highest BCUT2D eigenvalue weighted by molar-refractivity contribution is 5.81. The third kappa shape index (κ3) is 3.32. The summed E-state index contributed by atoms with van der Waals surface area (Å²) in [5.74, 6) is -0.564. The highest BCUT2D eigenvalue weighted by Gasteiger charge is 2.28. The number of likely N-dealkylation sites (N-methyl/N-ethyl adjacent to an activating group) is 1. The molecular weight excluding hydrogens is 261 g/mol. The summed E-state index contributed by atoms with van der Waals surface area (Å²) in [5.41, 5.74) is 0.960. The number of hydrogen-bond acceptors (Lipinski definition) is 4. The van der Waals surface area contributed by atoms with Crippen molar-refractivity contribution in [1.82, 2.24) is 10.2 Å². The Morgan fingerprint density at radius 3 is 3.10 bits per heavy atom. The van der Waals surface area contributed by atoms with E-state index in [1.165, 1.54) is 12.1 Å². The SMILES string of the molecule is CNC(=O)C1COCCN1Cc1cc(F)cc(C#N)c1. The quantitative estimate of drug-likeness (QED) is 0.880. The highest BCUT2D eigenvalue weighted by Crippen LogP contribution is 2.15. The number of benzene rings is 1. The predicted octanol–water partition coefficient (Wildman–Crippen LogP) is 0.644. The van der Waals surface area contributed by atoms with Gasteiger partial charge in [0.2, 0.25) is 5.91 Å². The number of morpholine rings is 1. The van der Waals surface area contributed by atoms with E-state index in [1.54, 1.807) is 13.1 Å². The van der Waals surface area contributed by atoms with Gasteiger partial charge in [0.1, 0.15) is 11.9 Å². The van der Waals surface area contributed by atoms with E-state index < -0.39 is 5.82 Å². The molecule has 6 heteroatoms. The van der Waals surface area contributed by atoms with Gasteiger partial charge in [-0.05, 0) is 23.8 Å². The molecule has 0 bridgehead atoms. The molecule has 0 radical (unpaired) electrons. The number of nitrogens with zero attached hydrogens (tertiary/aromatic N) is 2. The van der Waals surface area contributed by atoms with Crippen LogP contribution in [0, 0.1) is 17.1 Å². The van der Waals surface area contributed by atoms with Gasteiger partial charge >= 0.3 is 0 Å². The summed E-state index contributed by atoms with van der Waals surface area (Å²) in [7, 11) is 1.57. The largest absolute Gasteiger partial charge is 0.378 e. The summed E-state index contributed by atoms with van der Waals surface area (Å²) in [6.45, 7) is 1.86. The molecule has 5 nitrogen and oxygen atoms in total. The summed E-state index contributed by atoms with van der Waals surface area (Å²) >= 11 is 0. The number of carbonyl (C=O) groups is 1. The fraction of sp³-hybridized carbons (Fsp3) is 0.429. The molecule has 1 N–H and O–H groups in total. The van der Waals surface area contributed by atoms with Gasteiger partial charge in [-0.25, -0.2) is 4.39 Å². The van der Waals surface area contributed by atoms with Crippen molar-refractivity contribution in [3.05, 3.63) is 35.1 Å². The lowest BCUT2D eigenvalue weighted by Gasteiger charge is -2.34. The second-order valence-corrected chi connectivity index (χ2v) is 4.64. The number of rotatable bonds is 3. The minimum atomic E-state index is -0.441. The van der Waals surface area contributed by atoms with Crippen molar-refractivity contribution in [2.24, 2.45) is 0 Å². The van der Waals surface area contributed by atoms with E-state index in [-0.39, 0.29) is 17.5 Å². The van der Waals surface area contributed by atoms with Crippen LogP contribution in [0.25, 0.3) is 0 Å². The zero-order valence-electron chi connectivity index (χ0n) is 11.2. The fourth-order valence-electron chi connectivity index (χ4n) is 2.28. The molecule has 1 aliphatic heterocycles. The lowest BCUT2D eigenvalue weighted by Crippen LogP contribution is -2.52. The minimum absolute atomic E-state index is 0.124. The zero-order chi connectivity index (χ0) is 14.5. The second-order valence-electron chi connectivity index (χ2n) is 4.64. The van der Waals surface area contributed by atoms with Gasteiger partial charge in [-0.3, -0.25) is 9.69 Å². The van der Waals surface area contributed by atoms with Crippen LogP contribution in [-0.4, -0.2) is 43.7 Å². The molecule has 1 heterocycles. The van der Waals surface area contributed by atoms with Crippen molar-refractivity contribution in [1.29, 1.82) is 5.26 Å². The first-order chi connectivity index (χ1) is 9.63. The minimum Gasteiger partial charge on any atom is -0.378 e. The highest BCUT2D eigenvalue weighted by atomic mass is 19.1. The van der Waals surface area contributed by atoms with Crippen molar-refractivity contribution in [3.8, 4) is 6.07 Å². The monoisotopic (exact) mass is 277 g/mol. The fourth-order valence-corrected chi connectivity index (χ4v) is 2.28. The Morgan fingerprint density at radius 1 is 1.60 bits per heavy atom. The van der Waals surface area contributed by atoms with Gasteiger partial charge < -0.3 is 10.1 Å². The van der Waals surface area contributed by atoms with Crippen molar-refractivity contribution >= 4 is 5.91 Å². The molecule has 1 amide bonds. The van der Waals surface area contributed by atoms with Crippen LogP contribution in [0.5, 0.6) is 0 Å². The number of amides is 1. The first kappa shape index (κ1) is 14.4. The number of carbonyl (C=O) groups excluding carboxylic acids is 1. The first-order valence-electron chi connectivity index (χ1n) is 6.37. The Labute approximate surface area is 116 Å². The molecular formula is C14H16FN3O2. The van der Waals surface area contributed by atoms with E-state index in [0.29, 0.717) is 31.9 Å². The molecule has 1 aromatic carbocycles. The molecule has 1 saturated heterocycles. The number of ether oxygens (including phenoxy) is 1. The zero-order valence-corrected chi connectivity index (χ0v) is 11.2. The Morgan fingerprint density at radius 2 is 2.40 bits per heavy atom. The van der Waals surface area contributed by atoms with Crippen molar-refractivity contribution in [2.75, 3.05) is 26.8 Å². The first-order valence-corrected chi connectivity index (χ1v) is 6.37. The normalized spacial score (nSPS) is 19.4. The molecule has 20 heavy (non-hydrogen) atoms. The van der Waals surface area contributed by atoms with Crippen LogP contribution in [0.4, 0.5) is 4.39 Å². The van der Waals surface area contributed by atoms with E-state index in [2.05, 4.69) is 5.32 Å². The average Bonchev–Trinajstić information content (AvgIpc) is 2.46. The van der Waals surface area contributed by atoms with E-state index in [4.69, 9.17) is 10.00 Å². The van der Waals surface area contributed by atoms with Gasteiger partial charge in [0.15, 0.2) is 0 Å². The molecule has 0 aromatic heterocycles. The third-order valence-electron chi connectivity index (χ3n) is 3.26. The van der Waals surface area contributed by atoms with Crippen LogP contribution in [0.3, 0.4) is 0 Å². The number of nitriles is 1. The maximum atomic E-state index is 13.4. The van der Waals surface area contributed by atoms with Gasteiger partial charge in [0, 0.05) is 20.1 Å². The molecule has 1 unspecified atom stereocenters. The lowest BCUT2D eigenvalue weighted by molar-refractivity contribution is -0.132. The van der Waals surface area contributed by atoms with Gasteiger partial charge in [-0.1, -0.05) is 0 Å². The lowest BCUT2D eigenvalue weighted by atomic mass is 10.1. The van der Waals surface area contributed by atoms with Crippen LogP contribution < -0.4 is 5.32 Å². The van der Waals surface area contributed by atoms with Crippen LogP contribution in [0.2, 0.25) is 0 Å². The van der Waals surface area contributed by atoms with E-state index in [1.807, 2.05) is 11.0 Å². The standard InChI is InChI=1S/C14H16FN3O2/c1-17-14(19)13-9-20-3-2-18(13)8-11-4-10(7-16)5-12(15)6-11/h4-6,13H,2-3,8-9H2,1H3,(H,17,19). The second kappa shape index (κ2) is 6.46. The molecule has 2 rings (SSSR count). The topological polar surface area (TPSA) is 65.4 Å². The van der Waals surface area contributed by atoms with E-state index in [0.717, 1.165) is 0 Å². The van der Waals surface area contributed by atoms with Crippen LogP contribution in [-0.2, 0) is 16.1 Å². The summed E-state index contributed by atoms with van der Waals surface area (Å²) in [6.07, 6.45) is 0. The molecule has 0 aliphatic carbocycles. The Balaban J connectivity index is 2.16. The van der Waals surface area contributed by atoms with E-state index >= 15 is 0 Å². The van der Waals surface area contributed by atoms with Gasteiger partial charge in [-0.15, -0.1) is 0 Å². The van der Waals surface area contributed by atoms with Crippen molar-refractivity contribution in [3.63, 3.8) is 0 Å². The Hall–Kier alpha value is -1.97. The molecule has 0 saturated carbocycles. The maximum absolute atomic E-state index is 13.4.